The zero-order valence-corrected chi connectivity index (χ0v) is 14.7. The first-order valence-corrected chi connectivity index (χ1v) is 9.35. The number of hydrogen-bond donors (Lipinski definition) is 0. The Balaban J connectivity index is 1.59. The third-order valence-corrected chi connectivity index (χ3v) is 5.24. The number of aryl methyl sites for hydroxylation is 1. The van der Waals surface area contributed by atoms with Crippen LogP contribution in [0.2, 0.25) is 0 Å². The van der Waals surface area contributed by atoms with Crippen molar-refractivity contribution in [3.8, 4) is 0 Å². The zero-order valence-electron chi connectivity index (χ0n) is 13.9. The van der Waals surface area contributed by atoms with Crippen LogP contribution in [0.15, 0.2) is 65.7 Å². The minimum Gasteiger partial charge on any atom is -0.376 e. The van der Waals surface area contributed by atoms with Gasteiger partial charge in [0.05, 0.1) is 30.0 Å². The molecule has 0 unspecified atom stereocenters. The maximum absolute atomic E-state index is 12.5. The van der Waals surface area contributed by atoms with Gasteiger partial charge in [-0.1, -0.05) is 53.2 Å². The van der Waals surface area contributed by atoms with Gasteiger partial charge in [-0.2, -0.15) is 8.42 Å². The maximum Gasteiger partial charge on any atom is 0.284 e. The van der Waals surface area contributed by atoms with E-state index in [9.17, 15) is 8.42 Å². The molecule has 6 nitrogen and oxygen atoms in total. The van der Waals surface area contributed by atoms with Gasteiger partial charge in [-0.3, -0.25) is 0 Å². The third kappa shape index (κ3) is 4.32. The van der Waals surface area contributed by atoms with Gasteiger partial charge in [0.1, 0.15) is 0 Å². The van der Waals surface area contributed by atoms with Crippen molar-refractivity contribution in [1.29, 1.82) is 0 Å². The van der Waals surface area contributed by atoms with E-state index < -0.39 is 10.0 Å². The molecule has 0 atom stereocenters. The number of benzene rings is 2. The second-order valence-electron chi connectivity index (χ2n) is 5.69. The van der Waals surface area contributed by atoms with Gasteiger partial charge in [0, 0.05) is 6.42 Å². The average molecular weight is 357 g/mol. The van der Waals surface area contributed by atoms with Gasteiger partial charge in [0.15, 0.2) is 0 Å². The molecule has 0 amide bonds. The highest BCUT2D eigenvalue weighted by Gasteiger charge is 2.18. The maximum atomic E-state index is 12.5. The van der Waals surface area contributed by atoms with Crippen molar-refractivity contribution in [2.75, 3.05) is 6.61 Å². The standard InChI is InChI=1S/C18H19N3O3S/c1-15-7-9-18(10-8-15)25(22,23)21-13-17(19-20-21)11-12-24-14-16-5-3-2-4-6-16/h2-10,13H,11-12,14H2,1H3. The molecule has 0 saturated heterocycles. The molecule has 7 heteroatoms. The average Bonchev–Trinajstić information content (AvgIpc) is 3.10. The van der Waals surface area contributed by atoms with Gasteiger partial charge in [-0.05, 0) is 24.6 Å². The van der Waals surface area contributed by atoms with E-state index in [1.54, 1.807) is 24.3 Å². The van der Waals surface area contributed by atoms with E-state index in [0.717, 1.165) is 15.2 Å². The Labute approximate surface area is 147 Å². The van der Waals surface area contributed by atoms with Crippen LogP contribution in [0.4, 0.5) is 0 Å². The molecule has 130 valence electrons. The predicted octanol–water partition coefficient (Wildman–Crippen LogP) is 2.58. The summed E-state index contributed by atoms with van der Waals surface area (Å²) < 4.78 is 31.5. The Hall–Kier alpha value is -2.51. The van der Waals surface area contributed by atoms with E-state index >= 15 is 0 Å². The molecule has 0 saturated carbocycles. The number of aromatic nitrogens is 3. The lowest BCUT2D eigenvalue weighted by Gasteiger charge is -2.03. The summed E-state index contributed by atoms with van der Waals surface area (Å²) in [5.41, 5.74) is 2.66. The lowest BCUT2D eigenvalue weighted by molar-refractivity contribution is 0.123. The third-order valence-electron chi connectivity index (χ3n) is 3.70. The second-order valence-corrected chi connectivity index (χ2v) is 7.48. The van der Waals surface area contributed by atoms with Crippen LogP contribution in [-0.4, -0.2) is 29.4 Å². The van der Waals surface area contributed by atoms with Gasteiger partial charge < -0.3 is 4.74 Å². The second kappa shape index (κ2) is 7.58. The first kappa shape index (κ1) is 17.3. The van der Waals surface area contributed by atoms with Crippen molar-refractivity contribution in [3.05, 3.63) is 77.6 Å². The van der Waals surface area contributed by atoms with Crippen molar-refractivity contribution >= 4 is 10.0 Å². The lowest BCUT2D eigenvalue weighted by Crippen LogP contribution is -2.13. The highest BCUT2D eigenvalue weighted by molar-refractivity contribution is 7.89. The highest BCUT2D eigenvalue weighted by atomic mass is 32.2. The summed E-state index contributed by atoms with van der Waals surface area (Å²) in [5, 5.41) is 7.67. The van der Waals surface area contributed by atoms with E-state index in [1.807, 2.05) is 37.3 Å². The van der Waals surface area contributed by atoms with Crippen LogP contribution in [0.1, 0.15) is 16.8 Å². The molecule has 3 rings (SSSR count). The van der Waals surface area contributed by atoms with E-state index in [0.29, 0.717) is 25.3 Å². The van der Waals surface area contributed by atoms with Crippen LogP contribution in [0, 0.1) is 6.92 Å². The molecular formula is C18H19N3O3S. The van der Waals surface area contributed by atoms with Crippen LogP contribution in [0.3, 0.4) is 0 Å². The summed E-state index contributed by atoms with van der Waals surface area (Å²) in [6, 6.07) is 16.5. The van der Waals surface area contributed by atoms with Gasteiger partial charge in [-0.25, -0.2) is 0 Å². The summed E-state index contributed by atoms with van der Waals surface area (Å²) >= 11 is 0. The van der Waals surface area contributed by atoms with Crippen molar-refractivity contribution < 1.29 is 13.2 Å². The normalized spacial score (nSPS) is 11.6. The largest absolute Gasteiger partial charge is 0.376 e. The smallest absolute Gasteiger partial charge is 0.284 e. The first-order chi connectivity index (χ1) is 12.1. The van der Waals surface area contributed by atoms with Crippen LogP contribution >= 0.6 is 0 Å². The fraction of sp³-hybridized carbons (Fsp3) is 0.222. The molecule has 0 aliphatic heterocycles. The SMILES string of the molecule is Cc1ccc(S(=O)(=O)n2cc(CCOCc3ccccc3)nn2)cc1. The van der Waals surface area contributed by atoms with E-state index in [-0.39, 0.29) is 4.90 Å². The van der Waals surface area contributed by atoms with Crippen LogP contribution in [0.25, 0.3) is 0 Å². The molecule has 0 radical (unpaired) electrons. The highest BCUT2D eigenvalue weighted by Crippen LogP contribution is 2.14. The summed E-state index contributed by atoms with van der Waals surface area (Å²) in [4.78, 5) is 0.190. The fourth-order valence-electron chi connectivity index (χ4n) is 2.27. The molecule has 25 heavy (non-hydrogen) atoms. The van der Waals surface area contributed by atoms with E-state index in [1.165, 1.54) is 6.20 Å². The summed E-state index contributed by atoms with van der Waals surface area (Å²) in [6.07, 6.45) is 1.93. The van der Waals surface area contributed by atoms with E-state index in [4.69, 9.17) is 4.74 Å². The molecule has 0 bridgehead atoms. The molecule has 0 spiro atoms. The summed E-state index contributed by atoms with van der Waals surface area (Å²) in [7, 11) is -3.71. The van der Waals surface area contributed by atoms with Gasteiger partial charge >= 0.3 is 0 Å². The number of ether oxygens (including phenoxy) is 1. The van der Waals surface area contributed by atoms with Crippen molar-refractivity contribution in [1.82, 2.24) is 14.4 Å². The van der Waals surface area contributed by atoms with Crippen LogP contribution < -0.4 is 0 Å². The molecule has 3 aromatic rings. The molecule has 2 aromatic carbocycles. The molecular weight excluding hydrogens is 338 g/mol. The van der Waals surface area contributed by atoms with Gasteiger partial charge in [0.2, 0.25) is 0 Å². The fourth-order valence-corrected chi connectivity index (χ4v) is 3.36. The Morgan fingerprint density at radius 3 is 2.48 bits per heavy atom. The number of hydrogen-bond acceptors (Lipinski definition) is 5. The predicted molar refractivity (Wildman–Crippen MR) is 93.6 cm³/mol. The van der Waals surface area contributed by atoms with E-state index in [2.05, 4.69) is 10.3 Å². The molecule has 0 aliphatic carbocycles. The Bertz CT molecular complexity index is 920. The van der Waals surface area contributed by atoms with Gasteiger partial charge in [-0.15, -0.1) is 9.19 Å². The van der Waals surface area contributed by atoms with Crippen LogP contribution in [0.5, 0.6) is 0 Å². The lowest BCUT2D eigenvalue weighted by atomic mass is 10.2. The van der Waals surface area contributed by atoms with Crippen molar-refractivity contribution in [2.24, 2.45) is 0 Å². The number of rotatable bonds is 7. The monoisotopic (exact) mass is 357 g/mol. The molecule has 0 fully saturated rings. The van der Waals surface area contributed by atoms with Crippen LogP contribution in [-0.2, 0) is 27.8 Å². The molecule has 0 N–H and O–H groups in total. The Kier molecular flexibility index (Phi) is 5.25. The zero-order chi connectivity index (χ0) is 17.7. The summed E-state index contributed by atoms with van der Waals surface area (Å²) in [5.74, 6) is 0. The molecule has 0 aliphatic rings. The van der Waals surface area contributed by atoms with Crippen molar-refractivity contribution in [2.45, 2.75) is 24.8 Å². The first-order valence-electron chi connectivity index (χ1n) is 7.91. The quantitative estimate of drug-likeness (QED) is 0.608. The Morgan fingerprint density at radius 2 is 1.76 bits per heavy atom. The minimum atomic E-state index is -3.71. The Morgan fingerprint density at radius 1 is 1.04 bits per heavy atom. The number of nitrogens with zero attached hydrogens (tertiary/aromatic N) is 3. The molecule has 1 aromatic heterocycles. The topological polar surface area (TPSA) is 74.1 Å². The van der Waals surface area contributed by atoms with Crippen molar-refractivity contribution in [3.63, 3.8) is 0 Å². The molecule has 1 heterocycles. The minimum absolute atomic E-state index is 0.190. The summed E-state index contributed by atoms with van der Waals surface area (Å²) in [6.45, 7) is 2.86. The van der Waals surface area contributed by atoms with Gasteiger partial charge in [0.25, 0.3) is 10.0 Å².